The van der Waals surface area contributed by atoms with E-state index in [2.05, 4.69) is 0 Å². The fourth-order valence-corrected chi connectivity index (χ4v) is 1.50. The summed E-state index contributed by atoms with van der Waals surface area (Å²) in [5.41, 5.74) is 1.17. The van der Waals surface area contributed by atoms with Gasteiger partial charge in [-0.05, 0) is 12.8 Å². The molecule has 0 N–H and O–H groups in total. The van der Waals surface area contributed by atoms with E-state index in [4.69, 9.17) is 4.42 Å². The molecule has 0 spiro atoms. The molecule has 1 aromatic rings. The van der Waals surface area contributed by atoms with E-state index in [1.807, 2.05) is 6.92 Å². The maximum Gasteiger partial charge on any atom is 0.437 e. The smallest absolute Gasteiger partial charge is 0.397 e. The summed E-state index contributed by atoms with van der Waals surface area (Å²) in [7, 11) is 0. The molecule has 5 nitrogen and oxygen atoms in total. The number of nitro groups is 1. The SMILES string of the molecule is CCc1c(C=O)oc([N+](=O)[O-])c1CC. The zero-order valence-electron chi connectivity index (χ0n) is 8.07. The number of hydrogen-bond donors (Lipinski definition) is 0. The van der Waals surface area contributed by atoms with Crippen LogP contribution in [0.1, 0.15) is 35.5 Å². The van der Waals surface area contributed by atoms with Crippen LogP contribution in [0, 0.1) is 10.1 Å². The average molecular weight is 197 g/mol. The van der Waals surface area contributed by atoms with Gasteiger partial charge in [0.25, 0.3) is 0 Å². The lowest BCUT2D eigenvalue weighted by Gasteiger charge is -1.93. The Morgan fingerprint density at radius 2 is 1.93 bits per heavy atom. The third-order valence-electron chi connectivity index (χ3n) is 2.11. The Morgan fingerprint density at radius 1 is 1.36 bits per heavy atom. The minimum absolute atomic E-state index is 0.0797. The molecule has 0 fully saturated rings. The standard InChI is InChI=1S/C9H11NO4/c1-3-6-7(4-2)9(10(12)13)14-8(6)5-11/h5H,3-4H2,1-2H3. The van der Waals surface area contributed by atoms with Gasteiger partial charge in [-0.25, -0.2) is 0 Å². The zero-order chi connectivity index (χ0) is 10.7. The highest BCUT2D eigenvalue weighted by atomic mass is 16.6. The van der Waals surface area contributed by atoms with Crippen molar-refractivity contribution in [3.63, 3.8) is 0 Å². The summed E-state index contributed by atoms with van der Waals surface area (Å²) < 4.78 is 4.87. The van der Waals surface area contributed by atoms with Crippen LogP contribution in [0.3, 0.4) is 0 Å². The van der Waals surface area contributed by atoms with Crippen molar-refractivity contribution in [1.82, 2.24) is 0 Å². The fraction of sp³-hybridized carbons (Fsp3) is 0.444. The second-order valence-corrected chi connectivity index (χ2v) is 2.81. The van der Waals surface area contributed by atoms with E-state index >= 15 is 0 Å². The first-order chi connectivity index (χ1) is 6.65. The van der Waals surface area contributed by atoms with Gasteiger partial charge in [-0.15, -0.1) is 0 Å². The van der Waals surface area contributed by atoms with Crippen molar-refractivity contribution in [3.05, 3.63) is 27.0 Å². The van der Waals surface area contributed by atoms with E-state index in [1.54, 1.807) is 6.92 Å². The number of carbonyl (C=O) groups excluding carboxylic acids is 1. The largest absolute Gasteiger partial charge is 0.437 e. The number of furan rings is 1. The van der Waals surface area contributed by atoms with Crippen molar-refractivity contribution in [1.29, 1.82) is 0 Å². The molecule has 0 unspecified atom stereocenters. The summed E-state index contributed by atoms with van der Waals surface area (Å²) in [6.07, 6.45) is 1.58. The second-order valence-electron chi connectivity index (χ2n) is 2.81. The third kappa shape index (κ3) is 1.53. The van der Waals surface area contributed by atoms with Crippen molar-refractivity contribution in [2.75, 3.05) is 0 Å². The molecule has 0 saturated carbocycles. The van der Waals surface area contributed by atoms with Gasteiger partial charge in [-0.3, -0.25) is 14.9 Å². The van der Waals surface area contributed by atoms with E-state index in [9.17, 15) is 14.9 Å². The van der Waals surface area contributed by atoms with Crippen LogP contribution in [0.5, 0.6) is 0 Å². The van der Waals surface area contributed by atoms with E-state index in [-0.39, 0.29) is 11.6 Å². The average Bonchev–Trinajstić information content (AvgIpc) is 2.54. The van der Waals surface area contributed by atoms with Gasteiger partial charge < -0.3 is 4.42 Å². The van der Waals surface area contributed by atoms with Crippen LogP contribution in [-0.2, 0) is 12.8 Å². The molecule has 1 aromatic heterocycles. The van der Waals surface area contributed by atoms with Crippen LogP contribution < -0.4 is 0 Å². The summed E-state index contributed by atoms with van der Waals surface area (Å²) in [4.78, 5) is 20.6. The van der Waals surface area contributed by atoms with E-state index in [0.717, 1.165) is 0 Å². The lowest BCUT2D eigenvalue weighted by atomic mass is 10.1. The van der Waals surface area contributed by atoms with Crippen molar-refractivity contribution < 1.29 is 14.1 Å². The first kappa shape index (κ1) is 10.4. The summed E-state index contributed by atoms with van der Waals surface area (Å²) in [5.74, 6) is -0.220. The molecule has 0 aromatic carbocycles. The molecule has 0 saturated heterocycles. The highest BCUT2D eigenvalue weighted by Gasteiger charge is 2.25. The lowest BCUT2D eigenvalue weighted by molar-refractivity contribution is -0.402. The van der Waals surface area contributed by atoms with Gasteiger partial charge in [0.2, 0.25) is 0 Å². The molecule has 0 atom stereocenters. The molecule has 14 heavy (non-hydrogen) atoms. The normalized spacial score (nSPS) is 10.1. The first-order valence-corrected chi connectivity index (χ1v) is 4.39. The van der Waals surface area contributed by atoms with Crippen LogP contribution in [0.25, 0.3) is 0 Å². The minimum Gasteiger partial charge on any atom is -0.397 e. The summed E-state index contributed by atoms with van der Waals surface area (Å²) in [6, 6.07) is 0. The summed E-state index contributed by atoms with van der Waals surface area (Å²) in [6.45, 7) is 3.63. The van der Waals surface area contributed by atoms with Crippen molar-refractivity contribution in [3.8, 4) is 0 Å². The summed E-state index contributed by atoms with van der Waals surface area (Å²) >= 11 is 0. The van der Waals surface area contributed by atoms with Crippen molar-refractivity contribution in [2.24, 2.45) is 0 Å². The van der Waals surface area contributed by atoms with Gasteiger partial charge in [0.1, 0.15) is 4.92 Å². The van der Waals surface area contributed by atoms with Gasteiger partial charge in [0, 0.05) is 5.56 Å². The minimum atomic E-state index is -0.592. The fourth-order valence-electron chi connectivity index (χ4n) is 1.50. The van der Waals surface area contributed by atoms with Gasteiger partial charge in [0.15, 0.2) is 12.0 Å². The second kappa shape index (κ2) is 4.04. The molecule has 0 radical (unpaired) electrons. The number of aldehydes is 1. The van der Waals surface area contributed by atoms with Crippen LogP contribution in [0.15, 0.2) is 4.42 Å². The number of rotatable bonds is 4. The third-order valence-corrected chi connectivity index (χ3v) is 2.11. The molecular formula is C9H11NO4. The zero-order valence-corrected chi connectivity index (χ0v) is 8.07. The number of carbonyl (C=O) groups is 1. The van der Waals surface area contributed by atoms with Crippen molar-refractivity contribution in [2.45, 2.75) is 26.7 Å². The number of hydrogen-bond acceptors (Lipinski definition) is 4. The molecule has 5 heteroatoms. The Kier molecular flexibility index (Phi) is 3.01. The van der Waals surface area contributed by atoms with Gasteiger partial charge in [-0.1, -0.05) is 13.8 Å². The maximum absolute atomic E-state index is 10.6. The maximum atomic E-state index is 10.6. The van der Waals surface area contributed by atoms with Gasteiger partial charge in [0.05, 0.1) is 5.56 Å². The molecule has 76 valence electrons. The van der Waals surface area contributed by atoms with Crippen LogP contribution in [-0.4, -0.2) is 11.2 Å². The van der Waals surface area contributed by atoms with Crippen LogP contribution >= 0.6 is 0 Å². The van der Waals surface area contributed by atoms with E-state index in [0.29, 0.717) is 30.3 Å². The molecule has 0 aliphatic heterocycles. The quantitative estimate of drug-likeness (QED) is 0.421. The van der Waals surface area contributed by atoms with Crippen molar-refractivity contribution >= 4 is 12.2 Å². The lowest BCUT2D eigenvalue weighted by Crippen LogP contribution is -1.93. The Labute approximate surface area is 80.9 Å². The molecule has 0 bridgehead atoms. The number of nitrogens with zero attached hydrogens (tertiary/aromatic N) is 1. The molecule has 1 rings (SSSR count). The highest BCUT2D eigenvalue weighted by Crippen LogP contribution is 2.29. The van der Waals surface area contributed by atoms with E-state index < -0.39 is 4.92 Å². The monoisotopic (exact) mass is 197 g/mol. The summed E-state index contributed by atoms with van der Waals surface area (Å²) in [5, 5.41) is 10.6. The van der Waals surface area contributed by atoms with Gasteiger partial charge >= 0.3 is 5.88 Å². The predicted molar refractivity (Wildman–Crippen MR) is 49.5 cm³/mol. The molecule has 0 aliphatic rings. The molecule has 0 aliphatic carbocycles. The van der Waals surface area contributed by atoms with Gasteiger partial charge in [-0.2, -0.15) is 0 Å². The topological polar surface area (TPSA) is 73.3 Å². The van der Waals surface area contributed by atoms with E-state index in [1.165, 1.54) is 0 Å². The first-order valence-electron chi connectivity index (χ1n) is 4.39. The predicted octanol–water partition coefficient (Wildman–Crippen LogP) is 2.13. The Hall–Kier alpha value is -1.65. The Bertz CT molecular complexity index is 367. The Balaban J connectivity index is 3.38. The van der Waals surface area contributed by atoms with Crippen LogP contribution in [0.2, 0.25) is 0 Å². The molecule has 1 heterocycles. The highest BCUT2D eigenvalue weighted by molar-refractivity contribution is 5.75. The Morgan fingerprint density at radius 3 is 2.29 bits per heavy atom. The molecular weight excluding hydrogens is 186 g/mol. The van der Waals surface area contributed by atoms with Crippen LogP contribution in [0.4, 0.5) is 5.88 Å². The molecule has 0 amide bonds.